The van der Waals surface area contributed by atoms with Crippen LogP contribution in [0.3, 0.4) is 0 Å². The number of carbonyl (C=O) groups excluding carboxylic acids is 1. The molecule has 1 atom stereocenters. The van der Waals surface area contributed by atoms with Crippen molar-refractivity contribution in [1.29, 1.82) is 0 Å². The Morgan fingerprint density at radius 1 is 1.23 bits per heavy atom. The summed E-state index contributed by atoms with van der Waals surface area (Å²) in [6.45, 7) is 0.387. The lowest BCUT2D eigenvalue weighted by Gasteiger charge is -2.40. The molecule has 31 heavy (non-hydrogen) atoms. The van der Waals surface area contributed by atoms with Gasteiger partial charge in [0.1, 0.15) is 17.7 Å². The van der Waals surface area contributed by atoms with Crippen molar-refractivity contribution in [3.05, 3.63) is 47.4 Å². The minimum atomic E-state index is -0.753. The van der Waals surface area contributed by atoms with Gasteiger partial charge in [0, 0.05) is 25.2 Å². The predicted octanol–water partition coefficient (Wildman–Crippen LogP) is 1.91. The fourth-order valence-corrected chi connectivity index (χ4v) is 3.30. The average molecular weight is 436 g/mol. The van der Waals surface area contributed by atoms with Crippen LogP contribution >= 0.6 is 0 Å². The van der Waals surface area contributed by atoms with E-state index in [-0.39, 0.29) is 38.1 Å². The molecule has 2 amide bonds. The molecule has 3 heterocycles. The van der Waals surface area contributed by atoms with Crippen LogP contribution in [-0.2, 0) is 0 Å². The third kappa shape index (κ3) is 4.53. The van der Waals surface area contributed by atoms with Gasteiger partial charge in [-0.15, -0.1) is 0 Å². The molecule has 164 valence electrons. The zero-order valence-corrected chi connectivity index (χ0v) is 16.2. The fraction of sp³-hybridized carbons (Fsp3) is 0.368. The summed E-state index contributed by atoms with van der Waals surface area (Å²) >= 11 is 0. The number of aliphatic hydroxyl groups is 1. The Bertz CT molecular complexity index is 982. The van der Waals surface area contributed by atoms with Gasteiger partial charge < -0.3 is 20.1 Å². The molecular formula is C19H19F3N6O3. The first-order chi connectivity index (χ1) is 14.9. The van der Waals surface area contributed by atoms with Crippen LogP contribution in [-0.4, -0.2) is 69.6 Å². The Morgan fingerprint density at radius 2 is 1.97 bits per heavy atom. The standard InChI is InChI=1S/C19H19F3N6O3/c20-12-5-11(6-13(21)7-12)16-1-2-25-28(16)19(30)27-9-14(10-27)31-17-15(22)8-24-18(26-17)23-3-4-29/h2,5-8,14,16,29H,1,3-4,9-10H2,(H,23,24,26)/t16-/m0/s1. The number of aliphatic hydroxyl groups excluding tert-OH is 1. The molecule has 0 bridgehead atoms. The van der Waals surface area contributed by atoms with Gasteiger partial charge in [0.2, 0.25) is 11.8 Å². The highest BCUT2D eigenvalue weighted by Crippen LogP contribution is 2.31. The highest BCUT2D eigenvalue weighted by molar-refractivity contribution is 5.79. The van der Waals surface area contributed by atoms with Gasteiger partial charge in [-0.25, -0.2) is 23.6 Å². The molecule has 9 nitrogen and oxygen atoms in total. The lowest BCUT2D eigenvalue weighted by molar-refractivity contribution is 0.0230. The summed E-state index contributed by atoms with van der Waals surface area (Å²) in [6, 6.07) is 2.05. The summed E-state index contributed by atoms with van der Waals surface area (Å²) in [5, 5.41) is 16.7. The molecule has 0 radical (unpaired) electrons. The second kappa shape index (κ2) is 8.76. The smallest absolute Gasteiger partial charge is 0.341 e. The summed E-state index contributed by atoms with van der Waals surface area (Å²) in [5.74, 6) is -2.37. The maximum absolute atomic E-state index is 13.9. The Hall–Kier alpha value is -3.41. The number of anilines is 1. The fourth-order valence-electron chi connectivity index (χ4n) is 3.30. The van der Waals surface area contributed by atoms with E-state index in [9.17, 15) is 18.0 Å². The number of ether oxygens (including phenoxy) is 1. The van der Waals surface area contributed by atoms with Crippen molar-refractivity contribution in [3.8, 4) is 5.88 Å². The number of hydrazone groups is 1. The third-order valence-corrected chi connectivity index (χ3v) is 4.80. The summed E-state index contributed by atoms with van der Waals surface area (Å²) in [7, 11) is 0. The topological polar surface area (TPSA) is 103 Å². The number of carbonyl (C=O) groups is 1. The van der Waals surface area contributed by atoms with E-state index in [0.717, 1.165) is 12.3 Å². The highest BCUT2D eigenvalue weighted by atomic mass is 19.1. The first-order valence-corrected chi connectivity index (χ1v) is 9.55. The van der Waals surface area contributed by atoms with Crippen LogP contribution < -0.4 is 10.1 Å². The van der Waals surface area contributed by atoms with E-state index in [1.807, 2.05) is 0 Å². The third-order valence-electron chi connectivity index (χ3n) is 4.80. The van der Waals surface area contributed by atoms with Crippen molar-refractivity contribution in [2.24, 2.45) is 5.10 Å². The quantitative estimate of drug-likeness (QED) is 0.717. The van der Waals surface area contributed by atoms with Gasteiger partial charge in [0.05, 0.1) is 31.9 Å². The average Bonchev–Trinajstić information content (AvgIpc) is 3.19. The number of amides is 2. The number of nitrogens with zero attached hydrogens (tertiary/aromatic N) is 5. The van der Waals surface area contributed by atoms with Gasteiger partial charge in [0.15, 0.2) is 0 Å². The van der Waals surface area contributed by atoms with E-state index in [4.69, 9.17) is 9.84 Å². The molecule has 2 aromatic rings. The number of rotatable bonds is 6. The van der Waals surface area contributed by atoms with Crippen LogP contribution in [0.1, 0.15) is 18.0 Å². The monoisotopic (exact) mass is 436 g/mol. The Labute approximate surface area is 175 Å². The van der Waals surface area contributed by atoms with E-state index in [1.165, 1.54) is 28.3 Å². The van der Waals surface area contributed by atoms with Crippen molar-refractivity contribution >= 4 is 18.2 Å². The molecule has 2 N–H and O–H groups in total. The summed E-state index contributed by atoms with van der Waals surface area (Å²) in [5.41, 5.74) is 0.308. The van der Waals surface area contributed by atoms with Crippen LogP contribution in [0.2, 0.25) is 0 Å². The number of likely N-dealkylation sites (tertiary alicyclic amines) is 1. The van der Waals surface area contributed by atoms with Crippen LogP contribution in [0.4, 0.5) is 23.9 Å². The van der Waals surface area contributed by atoms with E-state index in [2.05, 4.69) is 20.4 Å². The zero-order valence-electron chi connectivity index (χ0n) is 16.2. The summed E-state index contributed by atoms with van der Waals surface area (Å²) in [6.07, 6.45) is 2.30. The minimum absolute atomic E-state index is 0.106. The largest absolute Gasteiger partial charge is 0.468 e. The number of hydrogen-bond acceptors (Lipinski definition) is 7. The molecule has 1 saturated heterocycles. The molecule has 2 aliphatic rings. The number of nitrogens with one attached hydrogen (secondary N) is 1. The van der Waals surface area contributed by atoms with Crippen molar-refractivity contribution in [2.45, 2.75) is 18.6 Å². The molecule has 4 rings (SSSR count). The Morgan fingerprint density at radius 3 is 2.68 bits per heavy atom. The van der Waals surface area contributed by atoms with Crippen LogP contribution in [0.15, 0.2) is 29.5 Å². The van der Waals surface area contributed by atoms with Gasteiger partial charge in [-0.2, -0.15) is 14.5 Å². The van der Waals surface area contributed by atoms with Crippen LogP contribution in [0.25, 0.3) is 0 Å². The van der Waals surface area contributed by atoms with Crippen LogP contribution in [0.5, 0.6) is 5.88 Å². The molecule has 0 spiro atoms. The Kier molecular flexibility index (Phi) is 5.89. The Balaban J connectivity index is 1.36. The van der Waals surface area contributed by atoms with Gasteiger partial charge in [-0.3, -0.25) is 0 Å². The van der Waals surface area contributed by atoms with E-state index >= 15 is 0 Å². The second-order valence-corrected chi connectivity index (χ2v) is 7.02. The number of urea groups is 1. The molecule has 0 saturated carbocycles. The number of halogens is 3. The van der Waals surface area contributed by atoms with Crippen LogP contribution in [0, 0.1) is 17.5 Å². The molecule has 2 aliphatic heterocycles. The lowest BCUT2D eigenvalue weighted by atomic mass is 10.0. The minimum Gasteiger partial charge on any atom is -0.468 e. The lowest BCUT2D eigenvalue weighted by Crippen LogP contribution is -2.59. The first-order valence-electron chi connectivity index (χ1n) is 9.55. The van der Waals surface area contributed by atoms with E-state index in [0.29, 0.717) is 12.0 Å². The van der Waals surface area contributed by atoms with Crippen molar-refractivity contribution in [3.63, 3.8) is 0 Å². The number of hydrogen-bond donors (Lipinski definition) is 2. The second-order valence-electron chi connectivity index (χ2n) is 7.02. The molecular weight excluding hydrogens is 417 g/mol. The molecule has 1 aromatic carbocycles. The predicted molar refractivity (Wildman–Crippen MR) is 103 cm³/mol. The van der Waals surface area contributed by atoms with E-state index < -0.39 is 35.6 Å². The normalized spacial score (nSPS) is 18.3. The van der Waals surface area contributed by atoms with Gasteiger partial charge in [-0.05, 0) is 17.7 Å². The molecule has 0 aliphatic carbocycles. The van der Waals surface area contributed by atoms with Gasteiger partial charge in [-0.1, -0.05) is 0 Å². The first kappa shape index (κ1) is 20.8. The van der Waals surface area contributed by atoms with Gasteiger partial charge >= 0.3 is 6.03 Å². The molecule has 1 aromatic heterocycles. The maximum atomic E-state index is 13.9. The van der Waals surface area contributed by atoms with E-state index in [1.54, 1.807) is 0 Å². The van der Waals surface area contributed by atoms with Crippen molar-refractivity contribution in [1.82, 2.24) is 19.9 Å². The summed E-state index contributed by atoms with van der Waals surface area (Å²) in [4.78, 5) is 21.9. The summed E-state index contributed by atoms with van der Waals surface area (Å²) < 4.78 is 46.6. The SMILES string of the molecule is O=C(N1CC(Oc2nc(NCCO)ncc2F)C1)N1N=CC[C@H]1c1cc(F)cc(F)c1. The molecule has 12 heteroatoms. The molecule has 1 fully saturated rings. The highest BCUT2D eigenvalue weighted by Gasteiger charge is 2.39. The number of aromatic nitrogens is 2. The maximum Gasteiger partial charge on any atom is 0.341 e. The van der Waals surface area contributed by atoms with Crippen molar-refractivity contribution < 1.29 is 27.8 Å². The number of benzene rings is 1. The van der Waals surface area contributed by atoms with Gasteiger partial charge in [0.25, 0.3) is 5.88 Å². The zero-order chi connectivity index (χ0) is 22.0. The van der Waals surface area contributed by atoms with Crippen molar-refractivity contribution in [2.75, 3.05) is 31.6 Å². The molecule has 0 unspecified atom stereocenters.